The van der Waals surface area contributed by atoms with Crippen molar-refractivity contribution in [2.24, 2.45) is 0 Å². The van der Waals surface area contributed by atoms with Gasteiger partial charge in [0.1, 0.15) is 12.0 Å². The monoisotopic (exact) mass is 305 g/mol. The molecule has 2 heterocycles. The molecule has 2 saturated heterocycles. The number of carbonyl (C=O) groups excluding carboxylic acids is 1. The van der Waals surface area contributed by atoms with Crippen LogP contribution < -0.4 is 4.89 Å². The lowest BCUT2D eigenvalue weighted by atomic mass is 9.98. The summed E-state index contributed by atoms with van der Waals surface area (Å²) < 4.78 is 14.4. The highest BCUT2D eigenvalue weighted by atomic mass is 16.5. The van der Waals surface area contributed by atoms with E-state index in [4.69, 9.17) is 6.15 Å². The SMILES string of the molecule is [2H][N+]1(CC)[C@@H]2CC[C@H]1CC(OC(=O)C(CO)c1ccccc1)C2. The third-order valence-corrected chi connectivity index (χ3v) is 5.16. The lowest BCUT2D eigenvalue weighted by molar-refractivity contribution is -0.940. The van der Waals surface area contributed by atoms with E-state index in [1.165, 1.54) is 0 Å². The van der Waals surface area contributed by atoms with Crippen LogP contribution in [0.15, 0.2) is 30.3 Å². The second-order valence-electron chi connectivity index (χ2n) is 6.39. The van der Waals surface area contributed by atoms with Crippen molar-refractivity contribution in [2.75, 3.05) is 13.2 Å². The molecule has 0 aliphatic carbocycles. The van der Waals surface area contributed by atoms with Crippen LogP contribution in [0.2, 0.25) is 1.41 Å². The van der Waals surface area contributed by atoms with Crippen molar-refractivity contribution in [1.82, 2.24) is 0 Å². The summed E-state index contributed by atoms with van der Waals surface area (Å²) >= 11 is 0. The molecule has 2 aliphatic heterocycles. The van der Waals surface area contributed by atoms with E-state index in [9.17, 15) is 9.90 Å². The van der Waals surface area contributed by atoms with Gasteiger partial charge in [-0.2, -0.15) is 0 Å². The molecular formula is C18H26NO3+. The van der Waals surface area contributed by atoms with Gasteiger partial charge in [0.25, 0.3) is 0 Å². The Bertz CT molecular complexity index is 536. The summed E-state index contributed by atoms with van der Waals surface area (Å²) in [6, 6.07) is 9.85. The largest absolute Gasteiger partial charge is 0.461 e. The van der Waals surface area contributed by atoms with E-state index in [0.717, 1.165) is 37.8 Å². The number of ether oxygens (including phenoxy) is 1. The molecule has 4 nitrogen and oxygen atoms in total. The summed E-state index contributed by atoms with van der Waals surface area (Å²) in [5.41, 5.74) is 0.790. The maximum absolute atomic E-state index is 12.5. The molecule has 0 amide bonds. The second kappa shape index (κ2) is 6.80. The first-order valence-corrected chi connectivity index (χ1v) is 8.35. The van der Waals surface area contributed by atoms with Crippen molar-refractivity contribution in [3.8, 4) is 0 Å². The Morgan fingerprint density at radius 3 is 2.55 bits per heavy atom. The van der Waals surface area contributed by atoms with Gasteiger partial charge in [-0.15, -0.1) is 0 Å². The fourth-order valence-electron chi connectivity index (χ4n) is 4.08. The molecule has 1 aromatic rings. The fraction of sp³-hybridized carbons (Fsp3) is 0.611. The highest BCUT2D eigenvalue weighted by Gasteiger charge is 2.45. The third-order valence-electron chi connectivity index (χ3n) is 5.16. The van der Waals surface area contributed by atoms with Gasteiger partial charge in [-0.1, -0.05) is 30.3 Å². The Morgan fingerprint density at radius 1 is 1.36 bits per heavy atom. The summed E-state index contributed by atoms with van der Waals surface area (Å²) in [5.74, 6) is -0.957. The van der Waals surface area contributed by atoms with Crippen LogP contribution in [0.1, 0.15) is 44.1 Å². The van der Waals surface area contributed by atoms with Crippen LogP contribution in [-0.4, -0.2) is 42.4 Å². The summed E-state index contributed by atoms with van der Waals surface area (Å²) in [4.78, 5) is 12.9. The minimum atomic E-state index is -0.614. The molecule has 2 bridgehead atoms. The molecule has 3 unspecified atom stereocenters. The molecule has 3 rings (SSSR count). The average Bonchev–Trinajstić information content (AvgIpc) is 2.74. The van der Waals surface area contributed by atoms with Gasteiger partial charge in [0.05, 0.1) is 25.2 Å². The van der Waals surface area contributed by atoms with Crippen LogP contribution in [-0.2, 0) is 9.53 Å². The summed E-state index contributed by atoms with van der Waals surface area (Å²) in [7, 11) is 0. The van der Waals surface area contributed by atoms with Crippen molar-refractivity contribution in [3.05, 3.63) is 35.9 Å². The summed E-state index contributed by atoms with van der Waals surface area (Å²) in [6.45, 7) is 2.65. The van der Waals surface area contributed by atoms with Gasteiger partial charge in [-0.3, -0.25) is 4.79 Å². The first-order chi connectivity index (χ1) is 11.1. The number of hydrogen-bond acceptors (Lipinski definition) is 3. The molecule has 4 heteroatoms. The lowest BCUT2D eigenvalue weighted by Gasteiger charge is -2.35. The Labute approximate surface area is 133 Å². The first kappa shape index (κ1) is 14.2. The number of benzene rings is 1. The highest BCUT2D eigenvalue weighted by molar-refractivity contribution is 5.78. The van der Waals surface area contributed by atoms with E-state index in [1.807, 2.05) is 30.3 Å². The molecule has 2 aliphatic rings. The molecule has 5 atom stereocenters. The van der Waals surface area contributed by atoms with Crippen molar-refractivity contribution in [1.29, 1.82) is 0 Å². The zero-order chi connectivity index (χ0) is 16.4. The number of aliphatic hydroxyl groups excluding tert-OH is 1. The zero-order valence-corrected chi connectivity index (χ0v) is 13.1. The molecule has 0 saturated carbocycles. The van der Waals surface area contributed by atoms with Crippen LogP contribution in [0.4, 0.5) is 0 Å². The molecule has 2 fully saturated rings. The number of piperidine rings is 1. The normalized spacial score (nSPS) is 35.7. The Hall–Kier alpha value is -1.39. The molecule has 0 aromatic heterocycles. The van der Waals surface area contributed by atoms with Gasteiger partial charge in [0.15, 0.2) is 0 Å². The Balaban J connectivity index is 1.65. The van der Waals surface area contributed by atoms with Crippen LogP contribution in [0.5, 0.6) is 0 Å². The Kier molecular flexibility index (Phi) is 4.39. The van der Waals surface area contributed by atoms with E-state index >= 15 is 0 Å². The minimum absolute atomic E-state index is 0.110. The van der Waals surface area contributed by atoms with Crippen LogP contribution in [0.3, 0.4) is 0 Å². The van der Waals surface area contributed by atoms with Crippen molar-refractivity contribution < 1.29 is 20.9 Å². The quantitative estimate of drug-likeness (QED) is 0.795. The summed E-state index contributed by atoms with van der Waals surface area (Å²) in [5, 5.41) is 9.58. The van der Waals surface area contributed by atoms with Crippen molar-refractivity contribution in [2.45, 2.75) is 56.7 Å². The zero-order valence-electron chi connectivity index (χ0n) is 14.1. The molecule has 120 valence electrons. The van der Waals surface area contributed by atoms with Gasteiger partial charge in [-0.05, 0) is 12.5 Å². The number of esters is 1. The smallest absolute Gasteiger partial charge is 0.348 e. The van der Waals surface area contributed by atoms with Gasteiger partial charge in [0, 0.05) is 25.7 Å². The summed E-state index contributed by atoms with van der Waals surface area (Å²) in [6.07, 6.45) is 3.54. The first-order valence-electron chi connectivity index (χ1n) is 8.79. The number of rotatable bonds is 5. The number of hydrogen-bond donors (Lipinski definition) is 2. The van der Waals surface area contributed by atoms with Crippen LogP contribution >= 0.6 is 0 Å². The van der Waals surface area contributed by atoms with E-state index in [1.54, 1.807) is 0 Å². The third kappa shape index (κ3) is 3.03. The van der Waals surface area contributed by atoms with Gasteiger partial charge < -0.3 is 14.7 Å². The second-order valence-corrected chi connectivity index (χ2v) is 6.39. The van der Waals surface area contributed by atoms with E-state index < -0.39 is 5.92 Å². The van der Waals surface area contributed by atoms with Crippen LogP contribution in [0.25, 0.3) is 0 Å². The molecule has 22 heavy (non-hydrogen) atoms. The van der Waals surface area contributed by atoms with Crippen molar-refractivity contribution in [3.63, 3.8) is 0 Å². The maximum atomic E-state index is 12.5. The number of aliphatic hydroxyl groups is 1. The maximum Gasteiger partial charge on any atom is 0.348 e. The molecule has 1 aromatic carbocycles. The van der Waals surface area contributed by atoms with E-state index in [0.29, 0.717) is 4.89 Å². The lowest BCUT2D eigenvalue weighted by Crippen LogP contribution is -3.18. The minimum Gasteiger partial charge on any atom is -0.461 e. The number of quaternary nitrogens is 1. The fourth-order valence-corrected chi connectivity index (χ4v) is 4.08. The molecule has 2 N–H and O–H groups in total. The standard InChI is InChI=1S/C18H25NO3/c1-2-19-14-8-9-15(19)11-16(10-14)22-18(21)17(12-20)13-6-4-3-5-7-13/h3-7,14-17,20H,2,8-12H2,1H3/p+1/t14-,15+,16?,17?/i/hD. The molecule has 0 radical (unpaired) electrons. The Morgan fingerprint density at radius 2 is 2.00 bits per heavy atom. The predicted molar refractivity (Wildman–Crippen MR) is 83.7 cm³/mol. The number of carbonyl (C=O) groups is 1. The van der Waals surface area contributed by atoms with Crippen LogP contribution in [0, 0.1) is 0 Å². The van der Waals surface area contributed by atoms with E-state index in [2.05, 4.69) is 6.92 Å². The molecule has 0 spiro atoms. The number of nitrogens with one attached hydrogen (secondary N) is 1. The van der Waals surface area contributed by atoms with Gasteiger partial charge >= 0.3 is 7.38 Å². The molecular weight excluding hydrogens is 278 g/mol. The highest BCUT2D eigenvalue weighted by Crippen LogP contribution is 2.27. The van der Waals surface area contributed by atoms with Crippen molar-refractivity contribution >= 4 is 5.97 Å². The van der Waals surface area contributed by atoms with E-state index in [-0.39, 0.29) is 30.8 Å². The predicted octanol–water partition coefficient (Wildman–Crippen LogP) is 0.904. The number of fused-ring (bicyclic) bond motifs is 2. The average molecular weight is 305 g/mol. The topological polar surface area (TPSA) is 51.0 Å². The van der Waals surface area contributed by atoms with Gasteiger partial charge in [0.2, 0.25) is 0 Å². The van der Waals surface area contributed by atoms with Gasteiger partial charge in [-0.25, -0.2) is 0 Å².